The SMILES string of the molecule is O=C1[C@@H]2[C@@H](C(=O)N1c1cccc(F)c1)[C@H]1CC[C@H]2O1. The first-order valence-corrected chi connectivity index (χ1v) is 6.45. The van der Waals surface area contributed by atoms with Crippen molar-refractivity contribution in [3.63, 3.8) is 0 Å². The molecule has 0 N–H and O–H groups in total. The lowest BCUT2D eigenvalue weighted by Crippen LogP contribution is -2.34. The summed E-state index contributed by atoms with van der Waals surface area (Å²) in [5, 5.41) is 0. The van der Waals surface area contributed by atoms with Gasteiger partial charge in [-0.2, -0.15) is 0 Å². The van der Waals surface area contributed by atoms with E-state index < -0.39 is 5.82 Å². The van der Waals surface area contributed by atoms with Crippen LogP contribution in [0.1, 0.15) is 12.8 Å². The molecule has 3 aliphatic heterocycles. The third-order valence-electron chi connectivity index (χ3n) is 4.35. The Balaban J connectivity index is 1.75. The van der Waals surface area contributed by atoms with Crippen LogP contribution in [0.25, 0.3) is 0 Å². The van der Waals surface area contributed by atoms with E-state index in [1.165, 1.54) is 18.2 Å². The number of hydrogen-bond acceptors (Lipinski definition) is 3. The molecule has 19 heavy (non-hydrogen) atoms. The molecule has 0 spiro atoms. The number of amides is 2. The summed E-state index contributed by atoms with van der Waals surface area (Å²) >= 11 is 0. The molecule has 4 atom stereocenters. The maximum Gasteiger partial charge on any atom is 0.240 e. The zero-order valence-electron chi connectivity index (χ0n) is 10.1. The number of rotatable bonds is 1. The molecule has 4 nitrogen and oxygen atoms in total. The van der Waals surface area contributed by atoms with E-state index in [1.54, 1.807) is 6.07 Å². The standard InChI is InChI=1S/C14H12FNO3/c15-7-2-1-3-8(6-7)16-13(17)11-9-4-5-10(19-9)12(11)14(16)18/h1-3,6,9-12H,4-5H2/t9-,10-,11+,12+/m1/s1. The average Bonchev–Trinajstić information content (AvgIpc) is 3.04. The molecule has 3 heterocycles. The number of ether oxygens (including phenoxy) is 1. The quantitative estimate of drug-likeness (QED) is 0.720. The molecular weight excluding hydrogens is 249 g/mol. The van der Waals surface area contributed by atoms with Gasteiger partial charge < -0.3 is 4.74 Å². The third-order valence-corrected chi connectivity index (χ3v) is 4.35. The molecule has 5 heteroatoms. The van der Waals surface area contributed by atoms with E-state index in [0.29, 0.717) is 5.69 Å². The van der Waals surface area contributed by atoms with Gasteiger partial charge in [-0.1, -0.05) is 6.07 Å². The fourth-order valence-corrected chi connectivity index (χ4v) is 3.58. The molecule has 98 valence electrons. The predicted octanol–water partition coefficient (Wildman–Crippen LogP) is 1.49. The summed E-state index contributed by atoms with van der Waals surface area (Å²) in [6, 6.07) is 5.61. The van der Waals surface area contributed by atoms with Gasteiger partial charge in [0.1, 0.15) is 5.82 Å². The molecule has 2 bridgehead atoms. The Bertz CT molecular complexity index is 560. The van der Waals surface area contributed by atoms with Gasteiger partial charge in [-0.05, 0) is 31.0 Å². The Labute approximate surface area is 109 Å². The number of hydrogen-bond donors (Lipinski definition) is 0. The van der Waals surface area contributed by atoms with Gasteiger partial charge in [-0.3, -0.25) is 9.59 Å². The Morgan fingerprint density at radius 1 is 1.11 bits per heavy atom. The van der Waals surface area contributed by atoms with E-state index in [-0.39, 0.29) is 35.9 Å². The summed E-state index contributed by atoms with van der Waals surface area (Å²) in [7, 11) is 0. The first-order chi connectivity index (χ1) is 9.16. The minimum Gasteiger partial charge on any atom is -0.373 e. The van der Waals surface area contributed by atoms with Crippen molar-refractivity contribution in [3.05, 3.63) is 30.1 Å². The molecular formula is C14H12FNO3. The van der Waals surface area contributed by atoms with Crippen molar-refractivity contribution in [2.75, 3.05) is 4.90 Å². The van der Waals surface area contributed by atoms with E-state index in [2.05, 4.69) is 0 Å². The Morgan fingerprint density at radius 3 is 2.32 bits per heavy atom. The topological polar surface area (TPSA) is 46.6 Å². The van der Waals surface area contributed by atoms with Crippen LogP contribution >= 0.6 is 0 Å². The van der Waals surface area contributed by atoms with Crippen molar-refractivity contribution in [2.45, 2.75) is 25.0 Å². The number of imide groups is 1. The predicted molar refractivity (Wildman–Crippen MR) is 63.8 cm³/mol. The first-order valence-electron chi connectivity index (χ1n) is 6.45. The van der Waals surface area contributed by atoms with Gasteiger partial charge in [0.2, 0.25) is 11.8 Å². The van der Waals surface area contributed by atoms with E-state index in [4.69, 9.17) is 4.74 Å². The smallest absolute Gasteiger partial charge is 0.240 e. The highest BCUT2D eigenvalue weighted by molar-refractivity contribution is 6.22. The van der Waals surface area contributed by atoms with Gasteiger partial charge in [0.15, 0.2) is 0 Å². The van der Waals surface area contributed by atoms with E-state index in [9.17, 15) is 14.0 Å². The second-order valence-electron chi connectivity index (χ2n) is 5.33. The minimum absolute atomic E-state index is 0.134. The number of anilines is 1. The van der Waals surface area contributed by atoms with Crippen molar-refractivity contribution in [1.29, 1.82) is 0 Å². The maximum atomic E-state index is 13.3. The highest BCUT2D eigenvalue weighted by Gasteiger charge is 2.62. The van der Waals surface area contributed by atoms with Crippen LogP contribution < -0.4 is 4.90 Å². The Kier molecular flexibility index (Phi) is 2.12. The highest BCUT2D eigenvalue weighted by atomic mass is 19.1. The zero-order chi connectivity index (χ0) is 13.1. The summed E-state index contributed by atoms with van der Waals surface area (Å²) in [5.41, 5.74) is 0.323. The Morgan fingerprint density at radius 2 is 1.74 bits per heavy atom. The number of halogens is 1. The maximum absolute atomic E-state index is 13.3. The molecule has 0 aromatic heterocycles. The molecule has 0 unspecified atom stereocenters. The summed E-state index contributed by atoms with van der Waals surface area (Å²) in [5.74, 6) is -1.67. The summed E-state index contributed by atoms with van der Waals surface area (Å²) in [6.45, 7) is 0. The lowest BCUT2D eigenvalue weighted by molar-refractivity contribution is -0.124. The van der Waals surface area contributed by atoms with Crippen LogP contribution in [0.15, 0.2) is 24.3 Å². The second kappa shape index (κ2) is 3.63. The van der Waals surface area contributed by atoms with Crippen LogP contribution in [-0.4, -0.2) is 24.0 Å². The number of carbonyl (C=O) groups excluding carboxylic acids is 2. The highest BCUT2D eigenvalue weighted by Crippen LogP contribution is 2.49. The number of carbonyl (C=O) groups is 2. The molecule has 4 rings (SSSR count). The zero-order valence-corrected chi connectivity index (χ0v) is 10.1. The van der Waals surface area contributed by atoms with Crippen LogP contribution in [0, 0.1) is 17.7 Å². The third kappa shape index (κ3) is 1.36. The van der Waals surface area contributed by atoms with E-state index >= 15 is 0 Å². The van der Waals surface area contributed by atoms with Crippen LogP contribution in [0.2, 0.25) is 0 Å². The van der Waals surface area contributed by atoms with Gasteiger partial charge in [0.25, 0.3) is 0 Å². The van der Waals surface area contributed by atoms with Crippen LogP contribution in [0.5, 0.6) is 0 Å². The molecule has 2 amide bonds. The lowest BCUT2D eigenvalue weighted by Gasteiger charge is -2.17. The molecule has 0 saturated carbocycles. The Hall–Kier alpha value is -1.75. The monoisotopic (exact) mass is 261 g/mol. The molecule has 1 aromatic rings. The van der Waals surface area contributed by atoms with E-state index in [0.717, 1.165) is 17.7 Å². The van der Waals surface area contributed by atoms with Crippen molar-refractivity contribution >= 4 is 17.5 Å². The summed E-state index contributed by atoms with van der Waals surface area (Å²) in [4.78, 5) is 25.9. The number of benzene rings is 1. The first kappa shape index (κ1) is 11.1. The number of fused-ring (bicyclic) bond motifs is 5. The molecule has 0 aliphatic carbocycles. The average molecular weight is 261 g/mol. The lowest BCUT2D eigenvalue weighted by atomic mass is 9.81. The molecule has 3 fully saturated rings. The summed E-state index contributed by atoms with van der Waals surface area (Å²) < 4.78 is 18.9. The van der Waals surface area contributed by atoms with Crippen LogP contribution in [0.3, 0.4) is 0 Å². The molecule has 3 saturated heterocycles. The van der Waals surface area contributed by atoms with Gasteiger partial charge in [0.05, 0.1) is 29.7 Å². The molecule has 3 aliphatic rings. The number of nitrogens with zero attached hydrogens (tertiary/aromatic N) is 1. The second-order valence-corrected chi connectivity index (χ2v) is 5.33. The molecule has 0 radical (unpaired) electrons. The largest absolute Gasteiger partial charge is 0.373 e. The normalized spacial score (nSPS) is 36.2. The van der Waals surface area contributed by atoms with E-state index in [1.807, 2.05) is 0 Å². The fraction of sp³-hybridized carbons (Fsp3) is 0.429. The van der Waals surface area contributed by atoms with Gasteiger partial charge in [-0.25, -0.2) is 9.29 Å². The van der Waals surface area contributed by atoms with Crippen LogP contribution in [0.4, 0.5) is 10.1 Å². The molecule has 1 aromatic carbocycles. The fourth-order valence-electron chi connectivity index (χ4n) is 3.58. The summed E-state index contributed by atoms with van der Waals surface area (Å²) in [6.07, 6.45) is 1.40. The van der Waals surface area contributed by atoms with Crippen LogP contribution in [-0.2, 0) is 14.3 Å². The van der Waals surface area contributed by atoms with Gasteiger partial charge in [-0.15, -0.1) is 0 Å². The van der Waals surface area contributed by atoms with Crippen molar-refractivity contribution in [2.24, 2.45) is 11.8 Å². The van der Waals surface area contributed by atoms with Gasteiger partial charge in [0, 0.05) is 0 Å². The van der Waals surface area contributed by atoms with Crippen molar-refractivity contribution in [1.82, 2.24) is 0 Å². The minimum atomic E-state index is -0.450. The van der Waals surface area contributed by atoms with Gasteiger partial charge >= 0.3 is 0 Å². The van der Waals surface area contributed by atoms with Crippen molar-refractivity contribution in [3.8, 4) is 0 Å². The van der Waals surface area contributed by atoms with Crippen molar-refractivity contribution < 1.29 is 18.7 Å².